The van der Waals surface area contributed by atoms with Gasteiger partial charge in [-0.05, 0) is 42.7 Å². The van der Waals surface area contributed by atoms with E-state index in [1.807, 2.05) is 30.5 Å². The third-order valence-electron chi connectivity index (χ3n) is 6.08. The van der Waals surface area contributed by atoms with E-state index < -0.39 is 0 Å². The van der Waals surface area contributed by atoms with Crippen molar-refractivity contribution in [3.8, 4) is 0 Å². The van der Waals surface area contributed by atoms with Crippen LogP contribution in [0.2, 0.25) is 0 Å². The van der Waals surface area contributed by atoms with Crippen LogP contribution in [-0.2, 0) is 22.5 Å². The van der Waals surface area contributed by atoms with Crippen LogP contribution in [0.3, 0.4) is 0 Å². The first-order chi connectivity index (χ1) is 16.2. The monoisotopic (exact) mass is 466 g/mol. The highest BCUT2D eigenvalue weighted by molar-refractivity contribution is 5.82. The number of quaternary nitrogens is 1. The summed E-state index contributed by atoms with van der Waals surface area (Å²) in [4.78, 5) is 22.6. The molecule has 1 aromatic heterocycles. The highest BCUT2D eigenvalue weighted by Gasteiger charge is 2.12. The minimum absolute atomic E-state index is 0.130. The molecule has 0 N–H and O–H groups in total. The lowest BCUT2D eigenvalue weighted by molar-refractivity contribution is -0.384. The first kappa shape index (κ1) is 25.4. The molecular formula is C27H36N3O4+. The third kappa shape index (κ3) is 7.42. The molecule has 0 unspecified atom stereocenters. The van der Waals surface area contributed by atoms with Crippen molar-refractivity contribution in [3.63, 3.8) is 0 Å². The number of carbonyl (C=O) groups is 1. The smallest absolute Gasteiger partial charge is 0.310 e. The Bertz CT molecular complexity index is 1100. The number of aromatic nitrogens is 1. The van der Waals surface area contributed by atoms with Crippen molar-refractivity contribution in [3.05, 3.63) is 70.4 Å². The molecule has 3 rings (SSSR count). The number of fused-ring (bicyclic) bond motifs is 1. The van der Waals surface area contributed by atoms with Crippen molar-refractivity contribution in [1.29, 1.82) is 0 Å². The zero-order chi connectivity index (χ0) is 24.6. The molecule has 34 heavy (non-hydrogen) atoms. The zero-order valence-corrected chi connectivity index (χ0v) is 20.5. The van der Waals surface area contributed by atoms with Gasteiger partial charge in [0.15, 0.2) is 0 Å². The Kier molecular flexibility index (Phi) is 8.82. The maximum atomic E-state index is 12.1. The summed E-state index contributed by atoms with van der Waals surface area (Å²) >= 11 is 0. The lowest BCUT2D eigenvalue weighted by Crippen LogP contribution is -2.34. The van der Waals surface area contributed by atoms with Crippen LogP contribution in [-0.4, -0.2) is 43.2 Å². The van der Waals surface area contributed by atoms with Crippen LogP contribution in [0.1, 0.15) is 44.1 Å². The fraction of sp³-hybridized carbons (Fsp3) is 0.444. The first-order valence-corrected chi connectivity index (χ1v) is 12.0. The summed E-state index contributed by atoms with van der Waals surface area (Å²) in [6, 6.07) is 15.1. The normalized spacial score (nSPS) is 11.6. The second kappa shape index (κ2) is 11.8. The Morgan fingerprint density at radius 1 is 0.941 bits per heavy atom. The molecule has 182 valence electrons. The van der Waals surface area contributed by atoms with Gasteiger partial charge in [-0.2, -0.15) is 0 Å². The van der Waals surface area contributed by atoms with Crippen molar-refractivity contribution in [2.45, 2.75) is 51.5 Å². The predicted octanol–water partition coefficient (Wildman–Crippen LogP) is 5.87. The number of nitrogens with zero attached hydrogens (tertiary/aromatic N) is 3. The summed E-state index contributed by atoms with van der Waals surface area (Å²) in [5.41, 5.74) is 3.35. The minimum Gasteiger partial charge on any atom is -0.465 e. The van der Waals surface area contributed by atoms with Gasteiger partial charge >= 0.3 is 5.97 Å². The van der Waals surface area contributed by atoms with Crippen LogP contribution in [0.15, 0.2) is 54.7 Å². The van der Waals surface area contributed by atoms with Crippen molar-refractivity contribution >= 4 is 28.2 Å². The number of esters is 1. The van der Waals surface area contributed by atoms with Crippen molar-refractivity contribution in [2.75, 3.05) is 27.7 Å². The van der Waals surface area contributed by atoms with E-state index in [-0.39, 0.29) is 16.6 Å². The number of aryl methyl sites for hydroxylation is 1. The van der Waals surface area contributed by atoms with Gasteiger partial charge in [0, 0.05) is 35.8 Å². The number of carbonyl (C=O) groups excluding carboxylic acids is 1. The largest absolute Gasteiger partial charge is 0.465 e. The van der Waals surface area contributed by atoms with E-state index in [1.54, 1.807) is 12.1 Å². The number of benzene rings is 2. The molecule has 1 heterocycles. The number of rotatable bonds is 13. The summed E-state index contributed by atoms with van der Waals surface area (Å²) in [6.07, 6.45) is 8.76. The van der Waals surface area contributed by atoms with Gasteiger partial charge in [0.05, 0.1) is 39.1 Å². The standard InChI is InChI=1S/C27H36N3O4/c1-30(2,3)25-13-10-22(11-14-25)20-27(31)34-19-9-7-5-4-6-8-17-28-18-16-23-21-24(29(32)33)12-15-26(23)28/h10-16,18,21H,4-9,17,19-20H2,1-3H3/q+1. The van der Waals surface area contributed by atoms with E-state index in [0.29, 0.717) is 13.0 Å². The topological polar surface area (TPSA) is 74.4 Å². The molecule has 0 atom stereocenters. The Hall–Kier alpha value is -3.19. The zero-order valence-electron chi connectivity index (χ0n) is 20.5. The fourth-order valence-corrected chi connectivity index (χ4v) is 4.05. The number of nitro groups is 1. The van der Waals surface area contributed by atoms with E-state index in [9.17, 15) is 14.9 Å². The van der Waals surface area contributed by atoms with Gasteiger partial charge in [0.1, 0.15) is 5.69 Å². The van der Waals surface area contributed by atoms with E-state index in [2.05, 4.69) is 37.8 Å². The van der Waals surface area contributed by atoms with Crippen LogP contribution < -0.4 is 4.48 Å². The Morgan fingerprint density at radius 3 is 2.29 bits per heavy atom. The lowest BCUT2D eigenvalue weighted by atomic mass is 10.1. The van der Waals surface area contributed by atoms with Crippen LogP contribution in [0, 0.1) is 10.1 Å². The quantitative estimate of drug-likeness (QED) is 0.104. The Labute approximate surface area is 201 Å². The molecule has 0 aliphatic rings. The molecule has 0 saturated carbocycles. The maximum absolute atomic E-state index is 12.1. The van der Waals surface area contributed by atoms with E-state index in [4.69, 9.17) is 4.74 Å². The van der Waals surface area contributed by atoms with Crippen LogP contribution in [0.25, 0.3) is 10.9 Å². The molecule has 0 aliphatic heterocycles. The van der Waals surface area contributed by atoms with E-state index in [1.165, 1.54) is 5.69 Å². The fourth-order valence-electron chi connectivity index (χ4n) is 4.05. The molecule has 0 spiro atoms. The van der Waals surface area contributed by atoms with Gasteiger partial charge in [-0.1, -0.05) is 37.8 Å². The molecule has 0 bridgehead atoms. The van der Waals surface area contributed by atoms with Gasteiger partial charge < -0.3 is 9.30 Å². The molecule has 0 fully saturated rings. The van der Waals surface area contributed by atoms with Crippen molar-refractivity contribution < 1.29 is 14.5 Å². The van der Waals surface area contributed by atoms with E-state index in [0.717, 1.165) is 66.0 Å². The highest BCUT2D eigenvalue weighted by Crippen LogP contribution is 2.22. The van der Waals surface area contributed by atoms with Crippen LogP contribution in [0.4, 0.5) is 11.4 Å². The van der Waals surface area contributed by atoms with Gasteiger partial charge in [0.2, 0.25) is 0 Å². The molecule has 7 heteroatoms. The number of hydrogen-bond donors (Lipinski definition) is 0. The molecule has 2 aromatic carbocycles. The number of nitro benzene ring substituents is 1. The summed E-state index contributed by atoms with van der Waals surface area (Å²) in [6.45, 7) is 1.39. The average molecular weight is 467 g/mol. The van der Waals surface area contributed by atoms with Crippen molar-refractivity contribution in [2.24, 2.45) is 0 Å². The van der Waals surface area contributed by atoms with Crippen molar-refractivity contribution in [1.82, 2.24) is 9.05 Å². The third-order valence-corrected chi connectivity index (χ3v) is 6.08. The minimum atomic E-state index is -0.358. The predicted molar refractivity (Wildman–Crippen MR) is 137 cm³/mol. The molecule has 7 nitrogen and oxygen atoms in total. The molecule has 0 radical (unpaired) electrons. The Balaban J connectivity index is 1.24. The summed E-state index contributed by atoms with van der Waals surface area (Å²) in [5, 5.41) is 11.8. The lowest BCUT2D eigenvalue weighted by Gasteiger charge is -2.23. The van der Waals surface area contributed by atoms with Gasteiger partial charge in [-0.15, -0.1) is 0 Å². The molecule has 0 amide bonds. The molecule has 0 saturated heterocycles. The van der Waals surface area contributed by atoms with E-state index >= 15 is 0 Å². The number of unbranched alkanes of at least 4 members (excludes halogenated alkanes) is 5. The average Bonchev–Trinajstić information content (AvgIpc) is 3.20. The Morgan fingerprint density at radius 2 is 1.62 bits per heavy atom. The van der Waals surface area contributed by atoms with Gasteiger partial charge in [-0.3, -0.25) is 19.4 Å². The first-order valence-electron chi connectivity index (χ1n) is 12.0. The summed E-state index contributed by atoms with van der Waals surface area (Å²) in [5.74, 6) is -0.165. The van der Waals surface area contributed by atoms with Gasteiger partial charge in [-0.25, -0.2) is 0 Å². The summed E-state index contributed by atoms with van der Waals surface area (Å²) in [7, 11) is 6.35. The van der Waals surface area contributed by atoms with Gasteiger partial charge in [0.25, 0.3) is 5.69 Å². The van der Waals surface area contributed by atoms with Crippen LogP contribution >= 0.6 is 0 Å². The second-order valence-corrected chi connectivity index (χ2v) is 9.71. The number of hydrogen-bond acceptors (Lipinski definition) is 4. The number of non-ortho nitro benzene ring substituents is 1. The van der Waals surface area contributed by atoms with Crippen LogP contribution in [0.5, 0.6) is 0 Å². The number of ether oxygens (including phenoxy) is 1. The molecule has 0 aliphatic carbocycles. The molecule has 3 aromatic rings. The highest BCUT2D eigenvalue weighted by atomic mass is 16.6. The SMILES string of the molecule is C[N+](C)(C)c1ccc(CC(=O)OCCCCCCCCn2ccc3cc([N+](=O)[O-])ccc32)cc1. The molecular weight excluding hydrogens is 430 g/mol. The maximum Gasteiger partial charge on any atom is 0.310 e. The summed E-state index contributed by atoms with van der Waals surface area (Å²) < 4.78 is 8.31. The second-order valence-electron chi connectivity index (χ2n) is 9.71.